The van der Waals surface area contributed by atoms with Crippen LogP contribution in [0.1, 0.15) is 31.9 Å². The second kappa shape index (κ2) is 8.71. The highest BCUT2D eigenvalue weighted by Crippen LogP contribution is 2.23. The lowest BCUT2D eigenvalue weighted by Gasteiger charge is -2.22. The maximum atomic E-state index is 12.1. The summed E-state index contributed by atoms with van der Waals surface area (Å²) in [5.74, 6) is -0.510. The van der Waals surface area contributed by atoms with Crippen molar-refractivity contribution in [3.8, 4) is 11.1 Å². The Balaban J connectivity index is 2.12. The van der Waals surface area contributed by atoms with E-state index < -0.39 is 23.7 Å². The molecule has 5 nitrogen and oxygen atoms in total. The highest BCUT2D eigenvalue weighted by molar-refractivity contribution is 5.81. The molecule has 2 rings (SSSR count). The van der Waals surface area contributed by atoms with E-state index in [0.717, 1.165) is 11.1 Å². The minimum Gasteiger partial charge on any atom is -0.467 e. The van der Waals surface area contributed by atoms with E-state index >= 15 is 0 Å². The summed E-state index contributed by atoms with van der Waals surface area (Å²) in [5.41, 5.74) is 3.75. The number of hydrogen-bond acceptors (Lipinski definition) is 4. The summed E-state index contributed by atoms with van der Waals surface area (Å²) >= 11 is 0. The minimum atomic E-state index is -0.811. The molecule has 27 heavy (non-hydrogen) atoms. The summed E-state index contributed by atoms with van der Waals surface area (Å²) in [7, 11) is 1.30. The van der Waals surface area contributed by atoms with Crippen LogP contribution < -0.4 is 5.32 Å². The Kier molecular flexibility index (Phi) is 6.61. The Hall–Kier alpha value is -2.82. The van der Waals surface area contributed by atoms with Gasteiger partial charge in [-0.25, -0.2) is 9.59 Å². The number of nitrogens with one attached hydrogen (secondary N) is 1. The quantitative estimate of drug-likeness (QED) is 0.800. The number of aryl methyl sites for hydroxylation is 1. The molecule has 0 saturated heterocycles. The number of methoxy groups -OCH3 is 1. The number of alkyl carbamates (subject to hydrolysis) is 1. The van der Waals surface area contributed by atoms with Crippen molar-refractivity contribution in [2.45, 2.75) is 45.8 Å². The second-order valence-electron chi connectivity index (χ2n) is 7.44. The van der Waals surface area contributed by atoms with E-state index in [0.29, 0.717) is 6.42 Å². The SMILES string of the molecule is COC(=O)C(Cc1ccc(-c2ccccc2C)cc1)NC(=O)OC(C)(C)C. The Labute approximate surface area is 160 Å². The fourth-order valence-corrected chi connectivity index (χ4v) is 2.74. The average Bonchev–Trinajstić information content (AvgIpc) is 2.60. The van der Waals surface area contributed by atoms with Crippen molar-refractivity contribution in [2.24, 2.45) is 0 Å². The minimum absolute atomic E-state index is 0.319. The van der Waals surface area contributed by atoms with Crippen molar-refractivity contribution in [1.82, 2.24) is 5.32 Å². The largest absolute Gasteiger partial charge is 0.467 e. The third kappa shape index (κ3) is 6.13. The van der Waals surface area contributed by atoms with Crippen molar-refractivity contribution in [2.75, 3.05) is 7.11 Å². The van der Waals surface area contributed by atoms with Crippen molar-refractivity contribution < 1.29 is 19.1 Å². The van der Waals surface area contributed by atoms with Gasteiger partial charge in [0.2, 0.25) is 0 Å². The van der Waals surface area contributed by atoms with Gasteiger partial charge in [-0.05, 0) is 49.9 Å². The standard InChI is InChI=1S/C22H27NO4/c1-15-8-6-7-9-18(15)17-12-10-16(11-13-17)14-19(20(24)26-5)23-21(25)27-22(2,3)4/h6-13,19H,14H2,1-5H3,(H,23,25). The molecule has 0 aliphatic rings. The summed E-state index contributed by atoms with van der Waals surface area (Å²) in [4.78, 5) is 24.1. The van der Waals surface area contributed by atoms with Crippen LogP contribution in [0.2, 0.25) is 0 Å². The normalized spacial score (nSPS) is 12.2. The summed E-state index contributed by atoms with van der Waals surface area (Å²) in [5, 5.41) is 2.59. The number of carbonyl (C=O) groups is 2. The van der Waals surface area contributed by atoms with Gasteiger partial charge in [0, 0.05) is 6.42 Å². The number of amides is 1. The summed E-state index contributed by atoms with van der Waals surface area (Å²) in [6.45, 7) is 7.37. The van der Waals surface area contributed by atoms with Crippen molar-refractivity contribution >= 4 is 12.1 Å². The molecule has 1 amide bonds. The molecule has 0 heterocycles. The summed E-state index contributed by atoms with van der Waals surface area (Å²) < 4.78 is 10.0. The van der Waals surface area contributed by atoms with Crippen LogP contribution in [0, 0.1) is 6.92 Å². The van der Waals surface area contributed by atoms with Crippen LogP contribution in [-0.2, 0) is 20.7 Å². The highest BCUT2D eigenvalue weighted by atomic mass is 16.6. The molecule has 0 bridgehead atoms. The molecule has 0 aliphatic heterocycles. The van der Waals surface area contributed by atoms with Gasteiger partial charge in [0.1, 0.15) is 11.6 Å². The lowest BCUT2D eigenvalue weighted by molar-refractivity contribution is -0.143. The van der Waals surface area contributed by atoms with Gasteiger partial charge in [0.15, 0.2) is 0 Å². The van der Waals surface area contributed by atoms with Gasteiger partial charge in [0.05, 0.1) is 7.11 Å². The molecule has 2 aromatic rings. The Morgan fingerprint density at radius 2 is 1.67 bits per heavy atom. The lowest BCUT2D eigenvalue weighted by atomic mass is 9.98. The molecule has 0 fully saturated rings. The molecule has 0 aliphatic carbocycles. The van der Waals surface area contributed by atoms with Crippen molar-refractivity contribution in [1.29, 1.82) is 0 Å². The van der Waals surface area contributed by atoms with Gasteiger partial charge < -0.3 is 14.8 Å². The van der Waals surface area contributed by atoms with Crippen LogP contribution in [0.4, 0.5) is 4.79 Å². The molecule has 0 radical (unpaired) electrons. The van der Waals surface area contributed by atoms with Crippen LogP contribution in [0.5, 0.6) is 0 Å². The first-order valence-electron chi connectivity index (χ1n) is 8.92. The maximum absolute atomic E-state index is 12.1. The maximum Gasteiger partial charge on any atom is 0.408 e. The highest BCUT2D eigenvalue weighted by Gasteiger charge is 2.25. The van der Waals surface area contributed by atoms with Crippen LogP contribution in [0.25, 0.3) is 11.1 Å². The molecule has 1 atom stereocenters. The number of hydrogen-bond donors (Lipinski definition) is 1. The predicted molar refractivity (Wildman–Crippen MR) is 105 cm³/mol. The van der Waals surface area contributed by atoms with E-state index in [4.69, 9.17) is 9.47 Å². The fourth-order valence-electron chi connectivity index (χ4n) is 2.74. The van der Waals surface area contributed by atoms with E-state index in [1.54, 1.807) is 20.8 Å². The van der Waals surface area contributed by atoms with Crippen LogP contribution in [0.15, 0.2) is 48.5 Å². The van der Waals surface area contributed by atoms with Gasteiger partial charge in [-0.3, -0.25) is 0 Å². The van der Waals surface area contributed by atoms with E-state index in [9.17, 15) is 9.59 Å². The van der Waals surface area contributed by atoms with E-state index in [-0.39, 0.29) is 0 Å². The number of ether oxygens (including phenoxy) is 2. The van der Waals surface area contributed by atoms with Gasteiger partial charge in [-0.2, -0.15) is 0 Å². The molecule has 0 spiro atoms. The van der Waals surface area contributed by atoms with E-state index in [2.05, 4.69) is 24.4 Å². The number of carbonyl (C=O) groups excluding carboxylic acids is 2. The molecule has 1 N–H and O–H groups in total. The Morgan fingerprint density at radius 1 is 1.04 bits per heavy atom. The van der Waals surface area contributed by atoms with Gasteiger partial charge in [0.25, 0.3) is 0 Å². The second-order valence-corrected chi connectivity index (χ2v) is 7.44. The average molecular weight is 369 g/mol. The first-order chi connectivity index (χ1) is 12.7. The number of rotatable bonds is 5. The summed E-state index contributed by atoms with van der Waals surface area (Å²) in [6, 6.07) is 15.3. The molecule has 0 saturated carbocycles. The van der Waals surface area contributed by atoms with Crippen LogP contribution in [-0.4, -0.2) is 30.8 Å². The predicted octanol–water partition coefficient (Wildman–Crippen LogP) is 4.27. The third-order valence-electron chi connectivity index (χ3n) is 4.03. The zero-order chi connectivity index (χ0) is 20.0. The fraction of sp³-hybridized carbons (Fsp3) is 0.364. The van der Waals surface area contributed by atoms with Gasteiger partial charge in [-0.1, -0.05) is 48.5 Å². The molecule has 0 aromatic heterocycles. The summed E-state index contributed by atoms with van der Waals surface area (Å²) in [6.07, 6.45) is -0.325. The van der Waals surface area contributed by atoms with Crippen molar-refractivity contribution in [3.05, 3.63) is 59.7 Å². The van der Waals surface area contributed by atoms with Crippen molar-refractivity contribution in [3.63, 3.8) is 0 Å². The Morgan fingerprint density at radius 3 is 2.22 bits per heavy atom. The first kappa shape index (κ1) is 20.5. The molecule has 144 valence electrons. The zero-order valence-corrected chi connectivity index (χ0v) is 16.5. The monoisotopic (exact) mass is 369 g/mol. The number of esters is 1. The molecule has 5 heteroatoms. The smallest absolute Gasteiger partial charge is 0.408 e. The molecule has 2 aromatic carbocycles. The zero-order valence-electron chi connectivity index (χ0n) is 16.5. The van der Waals surface area contributed by atoms with Crippen LogP contribution in [0.3, 0.4) is 0 Å². The lowest BCUT2D eigenvalue weighted by Crippen LogP contribution is -2.45. The molecular formula is C22H27NO4. The van der Waals surface area contributed by atoms with Crippen LogP contribution >= 0.6 is 0 Å². The molecular weight excluding hydrogens is 342 g/mol. The van der Waals surface area contributed by atoms with Gasteiger partial charge >= 0.3 is 12.1 Å². The number of benzene rings is 2. The Bertz CT molecular complexity index is 791. The first-order valence-corrected chi connectivity index (χ1v) is 8.92. The third-order valence-corrected chi connectivity index (χ3v) is 4.03. The van der Waals surface area contributed by atoms with E-state index in [1.807, 2.05) is 36.4 Å². The molecule has 1 unspecified atom stereocenters. The topological polar surface area (TPSA) is 64.6 Å². The van der Waals surface area contributed by atoms with E-state index in [1.165, 1.54) is 18.2 Å². The van der Waals surface area contributed by atoms with Gasteiger partial charge in [-0.15, -0.1) is 0 Å².